The Labute approximate surface area is 178 Å². The Morgan fingerprint density at radius 2 is 1.93 bits per heavy atom. The summed E-state index contributed by atoms with van der Waals surface area (Å²) in [5.74, 6) is 0.490. The number of aryl methyl sites for hydroxylation is 1. The number of nitrogens with zero attached hydrogens (tertiary/aromatic N) is 1. The zero-order valence-electron chi connectivity index (χ0n) is 16.9. The number of carbonyl (C=O) groups is 1. The number of hydrogen-bond acceptors (Lipinski definition) is 6. The Morgan fingerprint density at radius 3 is 2.60 bits per heavy atom. The van der Waals surface area contributed by atoms with Crippen molar-refractivity contribution in [1.29, 1.82) is 0 Å². The molecule has 0 aliphatic heterocycles. The van der Waals surface area contributed by atoms with Crippen molar-refractivity contribution in [1.82, 2.24) is 10.3 Å². The van der Waals surface area contributed by atoms with E-state index in [9.17, 15) is 14.3 Å². The largest absolute Gasteiger partial charge is 0.497 e. The number of amides is 1. The third kappa shape index (κ3) is 5.14. The second-order valence-corrected chi connectivity index (χ2v) is 7.74. The van der Waals surface area contributed by atoms with Gasteiger partial charge in [0.25, 0.3) is 5.91 Å². The van der Waals surface area contributed by atoms with Gasteiger partial charge in [0.1, 0.15) is 28.3 Å². The van der Waals surface area contributed by atoms with Crippen LogP contribution in [0.5, 0.6) is 11.5 Å². The molecule has 3 rings (SSSR count). The average Bonchev–Trinajstić information content (AvgIpc) is 3.12. The lowest BCUT2D eigenvalue weighted by molar-refractivity contribution is 0.0917. The van der Waals surface area contributed by atoms with Crippen LogP contribution in [-0.2, 0) is 6.42 Å². The fourth-order valence-corrected chi connectivity index (χ4v) is 4.01. The predicted molar refractivity (Wildman–Crippen MR) is 113 cm³/mol. The van der Waals surface area contributed by atoms with Crippen LogP contribution in [0.3, 0.4) is 0 Å². The number of halogens is 1. The van der Waals surface area contributed by atoms with Gasteiger partial charge < -0.3 is 19.9 Å². The summed E-state index contributed by atoms with van der Waals surface area (Å²) < 4.78 is 23.5. The number of carbonyl (C=O) groups excluding carboxylic acids is 1. The van der Waals surface area contributed by atoms with Crippen molar-refractivity contribution in [3.05, 3.63) is 75.0 Å². The van der Waals surface area contributed by atoms with E-state index in [0.717, 1.165) is 10.6 Å². The molecular formula is C22H23FN2O4S. The summed E-state index contributed by atoms with van der Waals surface area (Å²) in [6.45, 7) is 1.77. The molecule has 1 atom stereocenters. The number of benzene rings is 2. The molecule has 30 heavy (non-hydrogen) atoms. The van der Waals surface area contributed by atoms with E-state index in [1.54, 1.807) is 37.3 Å². The van der Waals surface area contributed by atoms with Crippen molar-refractivity contribution in [2.45, 2.75) is 19.4 Å². The molecule has 0 saturated carbocycles. The summed E-state index contributed by atoms with van der Waals surface area (Å²) in [6.07, 6.45) is -0.450. The highest BCUT2D eigenvalue weighted by Gasteiger charge is 2.19. The van der Waals surface area contributed by atoms with E-state index in [2.05, 4.69) is 10.3 Å². The molecule has 158 valence electrons. The summed E-state index contributed by atoms with van der Waals surface area (Å²) in [4.78, 5) is 17.6. The van der Waals surface area contributed by atoms with Crippen molar-refractivity contribution < 1.29 is 23.8 Å². The Bertz CT molecular complexity index is 1020. The highest BCUT2D eigenvalue weighted by atomic mass is 32.1. The molecule has 8 heteroatoms. The number of aromatic nitrogens is 1. The maximum atomic E-state index is 13.1. The van der Waals surface area contributed by atoms with E-state index in [1.807, 2.05) is 0 Å². The number of nitrogens with one attached hydrogen (secondary N) is 1. The van der Waals surface area contributed by atoms with Crippen LogP contribution in [-0.4, -0.2) is 36.8 Å². The van der Waals surface area contributed by atoms with Gasteiger partial charge in [0.05, 0.1) is 24.9 Å². The zero-order chi connectivity index (χ0) is 21.7. The molecule has 0 radical (unpaired) electrons. The van der Waals surface area contributed by atoms with Crippen LogP contribution in [0.1, 0.15) is 37.6 Å². The monoisotopic (exact) mass is 430 g/mol. The van der Waals surface area contributed by atoms with Gasteiger partial charge in [-0.15, -0.1) is 11.3 Å². The maximum absolute atomic E-state index is 13.1. The molecule has 1 unspecified atom stereocenters. The quantitative estimate of drug-likeness (QED) is 0.570. The van der Waals surface area contributed by atoms with Crippen LogP contribution >= 0.6 is 11.3 Å². The first-order valence-corrected chi connectivity index (χ1v) is 10.1. The van der Waals surface area contributed by atoms with E-state index >= 15 is 0 Å². The summed E-state index contributed by atoms with van der Waals surface area (Å²) in [7, 11) is 3.05. The molecule has 2 aromatic carbocycles. The van der Waals surface area contributed by atoms with Gasteiger partial charge in [-0.1, -0.05) is 12.1 Å². The molecule has 1 amide bonds. The van der Waals surface area contributed by atoms with Crippen LogP contribution in [0.25, 0.3) is 0 Å². The van der Waals surface area contributed by atoms with Crippen LogP contribution in [0.2, 0.25) is 0 Å². The van der Waals surface area contributed by atoms with Crippen molar-refractivity contribution in [3.63, 3.8) is 0 Å². The van der Waals surface area contributed by atoms with E-state index in [-0.39, 0.29) is 18.3 Å². The smallest absolute Gasteiger partial charge is 0.263 e. The SMILES string of the molecule is COc1ccc(OC)c(C(O)CNC(=O)c2sc(Cc3ccc(F)cc3)nc2C)c1. The molecule has 0 fully saturated rings. The fourth-order valence-electron chi connectivity index (χ4n) is 2.99. The first-order chi connectivity index (χ1) is 14.4. The molecule has 3 aromatic rings. The van der Waals surface area contributed by atoms with Gasteiger partial charge >= 0.3 is 0 Å². The number of ether oxygens (including phenoxy) is 2. The molecule has 0 saturated heterocycles. The van der Waals surface area contributed by atoms with Gasteiger partial charge in [-0.3, -0.25) is 4.79 Å². The number of rotatable bonds is 8. The summed E-state index contributed by atoms with van der Waals surface area (Å²) in [5.41, 5.74) is 2.05. The van der Waals surface area contributed by atoms with Crippen molar-refractivity contribution in [3.8, 4) is 11.5 Å². The third-order valence-electron chi connectivity index (χ3n) is 4.57. The number of methoxy groups -OCH3 is 2. The number of aliphatic hydroxyl groups is 1. The number of hydrogen-bond donors (Lipinski definition) is 2. The molecule has 0 spiro atoms. The van der Waals surface area contributed by atoms with E-state index in [0.29, 0.717) is 34.1 Å². The molecule has 0 aliphatic carbocycles. The van der Waals surface area contributed by atoms with Crippen LogP contribution in [0.15, 0.2) is 42.5 Å². The summed E-state index contributed by atoms with van der Waals surface area (Å²) in [5, 5.41) is 14.1. The Morgan fingerprint density at radius 1 is 1.20 bits per heavy atom. The molecular weight excluding hydrogens is 407 g/mol. The lowest BCUT2D eigenvalue weighted by Crippen LogP contribution is -2.28. The van der Waals surface area contributed by atoms with Crippen LogP contribution in [0.4, 0.5) is 4.39 Å². The third-order valence-corrected chi connectivity index (χ3v) is 5.72. The van der Waals surface area contributed by atoms with E-state index < -0.39 is 6.10 Å². The van der Waals surface area contributed by atoms with Crippen molar-refractivity contribution >= 4 is 17.2 Å². The standard InChI is InChI=1S/C22H23FN2O4S/c1-13-21(30-20(25-13)10-14-4-6-15(23)7-5-14)22(27)24-12-18(26)17-11-16(28-2)8-9-19(17)29-3/h4-9,11,18,26H,10,12H2,1-3H3,(H,24,27). The Kier molecular flexibility index (Phi) is 7.02. The highest BCUT2D eigenvalue weighted by Crippen LogP contribution is 2.29. The fraction of sp³-hybridized carbons (Fsp3) is 0.273. The zero-order valence-corrected chi connectivity index (χ0v) is 17.8. The predicted octanol–water partition coefficient (Wildman–Crippen LogP) is 3.66. The highest BCUT2D eigenvalue weighted by molar-refractivity contribution is 7.13. The van der Waals surface area contributed by atoms with Crippen molar-refractivity contribution in [2.24, 2.45) is 0 Å². The first kappa shape index (κ1) is 21.7. The van der Waals surface area contributed by atoms with Crippen molar-refractivity contribution in [2.75, 3.05) is 20.8 Å². The summed E-state index contributed by atoms with van der Waals surface area (Å²) >= 11 is 1.28. The topological polar surface area (TPSA) is 80.7 Å². The van der Waals surface area contributed by atoms with E-state index in [1.165, 1.54) is 37.7 Å². The molecule has 2 N–H and O–H groups in total. The average molecular weight is 431 g/mol. The van der Waals surface area contributed by atoms with Gasteiger partial charge in [0.2, 0.25) is 0 Å². The second-order valence-electron chi connectivity index (χ2n) is 6.66. The lowest BCUT2D eigenvalue weighted by Gasteiger charge is -2.16. The number of aliphatic hydroxyl groups excluding tert-OH is 1. The van der Waals surface area contributed by atoms with Crippen LogP contribution < -0.4 is 14.8 Å². The van der Waals surface area contributed by atoms with E-state index in [4.69, 9.17) is 9.47 Å². The minimum atomic E-state index is -0.967. The Balaban J connectivity index is 1.66. The van der Waals surface area contributed by atoms with Crippen LogP contribution in [0, 0.1) is 12.7 Å². The minimum Gasteiger partial charge on any atom is -0.497 e. The molecule has 0 aliphatic rings. The molecule has 6 nitrogen and oxygen atoms in total. The normalized spacial score (nSPS) is 11.8. The second kappa shape index (κ2) is 9.69. The Hall–Kier alpha value is -2.97. The van der Waals surface area contributed by atoms with Gasteiger partial charge in [-0.25, -0.2) is 9.37 Å². The van der Waals surface area contributed by atoms with Gasteiger partial charge in [-0.2, -0.15) is 0 Å². The molecule has 1 aromatic heterocycles. The van der Waals surface area contributed by atoms with Gasteiger partial charge in [-0.05, 0) is 42.8 Å². The minimum absolute atomic E-state index is 0.00694. The first-order valence-electron chi connectivity index (χ1n) is 9.30. The molecule has 0 bridgehead atoms. The van der Waals surface area contributed by atoms with Gasteiger partial charge in [0, 0.05) is 18.5 Å². The summed E-state index contributed by atoms with van der Waals surface area (Å²) in [6, 6.07) is 11.3. The molecule has 1 heterocycles. The maximum Gasteiger partial charge on any atom is 0.263 e. The lowest BCUT2D eigenvalue weighted by atomic mass is 10.1. The number of thiazole rings is 1. The van der Waals surface area contributed by atoms with Gasteiger partial charge in [0.15, 0.2) is 0 Å².